The largest absolute Gasteiger partial charge is 0.417 e. The van der Waals surface area contributed by atoms with Gasteiger partial charge >= 0.3 is 18.5 Å². The van der Waals surface area contributed by atoms with E-state index in [1.165, 1.54) is 6.92 Å². The van der Waals surface area contributed by atoms with E-state index in [-0.39, 0.29) is 27.2 Å². The van der Waals surface area contributed by atoms with Crippen LogP contribution in [0.1, 0.15) is 59.2 Å². The zero-order valence-electron chi connectivity index (χ0n) is 20.0. The molecule has 0 bridgehead atoms. The van der Waals surface area contributed by atoms with Crippen LogP contribution in [0.2, 0.25) is 15.1 Å². The summed E-state index contributed by atoms with van der Waals surface area (Å²) in [5.74, 6) is -7.97. The predicted octanol–water partition coefficient (Wildman–Crippen LogP) is 10.4. The van der Waals surface area contributed by atoms with Gasteiger partial charge in [0.05, 0.1) is 20.6 Å². The quantitative estimate of drug-likeness (QED) is 0.155. The van der Waals surface area contributed by atoms with Gasteiger partial charge < -0.3 is 0 Å². The number of hydrogen-bond donors (Lipinski definition) is 0. The van der Waals surface area contributed by atoms with Crippen molar-refractivity contribution in [1.82, 2.24) is 0 Å². The van der Waals surface area contributed by atoms with Gasteiger partial charge in [-0.25, -0.2) is 4.39 Å². The minimum atomic E-state index is -5.27. The van der Waals surface area contributed by atoms with E-state index in [9.17, 15) is 53.5 Å². The van der Waals surface area contributed by atoms with Crippen LogP contribution in [-0.2, 0) is 11.0 Å². The lowest BCUT2D eigenvalue weighted by Gasteiger charge is -2.19. The summed E-state index contributed by atoms with van der Waals surface area (Å²) in [5, 5.41) is -1.04. The molecule has 2 aromatic carbocycles. The van der Waals surface area contributed by atoms with Crippen molar-refractivity contribution < 1.29 is 53.5 Å². The van der Waals surface area contributed by atoms with Gasteiger partial charge in [0.25, 0.3) is 0 Å². The van der Waals surface area contributed by atoms with E-state index >= 15 is 0 Å². The highest BCUT2D eigenvalue weighted by atomic mass is 35.5. The fraction of sp³-hybridized carbons (Fsp3) is 0.360. The van der Waals surface area contributed by atoms with Crippen LogP contribution in [0, 0.1) is 5.92 Å². The number of ketones is 2. The molecule has 40 heavy (non-hydrogen) atoms. The van der Waals surface area contributed by atoms with Crippen LogP contribution >= 0.6 is 34.8 Å². The smallest absolute Gasteiger partial charge is 0.299 e. The molecule has 220 valence electrons. The molecule has 0 saturated carbocycles. The number of Topliss-reactive ketones (excluding diaryl/α,β-unsaturated/α-hetero) is 2. The maximum Gasteiger partial charge on any atom is 0.417 e. The molecular weight excluding hydrogens is 629 g/mol. The molecule has 2 aromatic rings. The number of carbonyl (C=O) groups is 2. The maximum absolute atomic E-state index is 15.0. The highest BCUT2D eigenvalue weighted by molar-refractivity contribution is 6.48. The van der Waals surface area contributed by atoms with Gasteiger partial charge in [-0.2, -0.15) is 39.5 Å². The van der Waals surface area contributed by atoms with Crippen molar-refractivity contribution in [3.05, 3.63) is 73.7 Å². The second kappa shape index (κ2) is 12.7. The van der Waals surface area contributed by atoms with Crippen LogP contribution in [-0.4, -0.2) is 23.9 Å². The molecule has 0 fully saturated rings. The van der Waals surface area contributed by atoms with E-state index in [1.807, 2.05) is 0 Å². The molecule has 0 aliphatic heterocycles. The molecule has 0 N–H and O–H groups in total. The third kappa shape index (κ3) is 9.37. The first kappa shape index (κ1) is 33.9. The summed E-state index contributed by atoms with van der Waals surface area (Å²) in [5.41, 5.74) is -4.28. The van der Waals surface area contributed by atoms with Crippen LogP contribution in [0.4, 0.5) is 43.9 Å². The molecule has 0 aliphatic rings. The Hall–Kier alpha value is -2.31. The average Bonchev–Trinajstić information content (AvgIpc) is 2.77. The Labute approximate surface area is 235 Å². The molecule has 1 unspecified atom stereocenters. The molecule has 0 radical (unpaired) electrons. The SMILES string of the molecule is C[C@H](CC(=O)CC(F)(F)F)CC(=O)c1ccc(/C(F)=C/C(c2cc(Cl)c(Cl)c(Cl)c2)C(F)(F)F)cc1C(F)(F)F. The summed E-state index contributed by atoms with van der Waals surface area (Å²) in [6.45, 7) is 1.18. The Bertz CT molecular complexity index is 1270. The minimum absolute atomic E-state index is 0.00120. The molecular formula is C25H17Cl3F10O2. The van der Waals surface area contributed by atoms with E-state index in [0.717, 1.165) is 12.1 Å². The second-order valence-corrected chi connectivity index (χ2v) is 10.1. The van der Waals surface area contributed by atoms with Gasteiger partial charge in [0.15, 0.2) is 5.78 Å². The Balaban J connectivity index is 2.44. The molecule has 0 amide bonds. The minimum Gasteiger partial charge on any atom is -0.299 e. The molecule has 0 saturated heterocycles. The molecule has 2 rings (SSSR count). The van der Waals surface area contributed by atoms with Crippen LogP contribution in [0.3, 0.4) is 0 Å². The number of benzene rings is 2. The summed E-state index contributed by atoms with van der Waals surface area (Å²) in [4.78, 5) is 24.0. The average molecular weight is 646 g/mol. The standard InChI is InChI=1S/C25H17Cl3F10O2/c1-11(4-14(39)10-23(30,31)32)5-21(40)15-3-2-12(6-17(15)25(36,37)38)20(29)9-16(24(33,34)35)13-7-18(26)22(28)19(27)8-13/h2-3,6-9,11,16H,4-5,10H2,1H3/b20-9-/t11-,16?/m1/s1. The van der Waals surface area contributed by atoms with Gasteiger partial charge in [0.2, 0.25) is 0 Å². The molecule has 0 spiro atoms. The molecule has 15 heteroatoms. The Morgan fingerprint density at radius 1 is 0.875 bits per heavy atom. The summed E-state index contributed by atoms with van der Waals surface area (Å²) in [6, 6.07) is 2.84. The van der Waals surface area contributed by atoms with Crippen molar-refractivity contribution in [3.8, 4) is 0 Å². The number of rotatable bonds is 9. The lowest BCUT2D eigenvalue weighted by atomic mass is 9.91. The van der Waals surface area contributed by atoms with E-state index in [2.05, 4.69) is 0 Å². The normalized spacial score (nSPS) is 14.7. The summed E-state index contributed by atoms with van der Waals surface area (Å²) in [7, 11) is 0. The first-order valence-corrected chi connectivity index (χ1v) is 12.1. The zero-order chi connectivity index (χ0) is 30.8. The molecule has 2 nitrogen and oxygen atoms in total. The fourth-order valence-corrected chi connectivity index (χ4v) is 4.34. The van der Waals surface area contributed by atoms with Gasteiger partial charge in [0.1, 0.15) is 23.9 Å². The van der Waals surface area contributed by atoms with Crippen molar-refractivity contribution in [2.45, 2.75) is 50.6 Å². The Kier molecular flexibility index (Phi) is 10.8. The number of carbonyl (C=O) groups excluding carboxylic acids is 2. The van der Waals surface area contributed by atoms with E-state index in [1.54, 1.807) is 0 Å². The first-order valence-electron chi connectivity index (χ1n) is 11.0. The third-order valence-corrected chi connectivity index (χ3v) is 6.64. The van der Waals surface area contributed by atoms with Gasteiger partial charge in [-0.1, -0.05) is 53.9 Å². The molecule has 0 heterocycles. The van der Waals surface area contributed by atoms with Crippen molar-refractivity contribution in [2.24, 2.45) is 5.92 Å². The van der Waals surface area contributed by atoms with Crippen molar-refractivity contribution in [1.29, 1.82) is 0 Å². The van der Waals surface area contributed by atoms with Gasteiger partial charge in [-0.3, -0.25) is 9.59 Å². The van der Waals surface area contributed by atoms with E-state index in [4.69, 9.17) is 34.8 Å². The second-order valence-electron chi connectivity index (χ2n) is 8.86. The van der Waals surface area contributed by atoms with Gasteiger partial charge in [-0.15, -0.1) is 0 Å². The third-order valence-electron chi connectivity index (χ3n) is 5.44. The lowest BCUT2D eigenvalue weighted by molar-refractivity contribution is -0.152. The molecule has 2 atom stereocenters. The zero-order valence-corrected chi connectivity index (χ0v) is 22.2. The summed E-state index contributed by atoms with van der Waals surface area (Å²) in [6.07, 6.45) is -18.5. The predicted molar refractivity (Wildman–Crippen MR) is 129 cm³/mol. The van der Waals surface area contributed by atoms with E-state index in [0.29, 0.717) is 12.1 Å². The van der Waals surface area contributed by atoms with Gasteiger partial charge in [-0.05, 0) is 35.8 Å². The molecule has 0 aromatic heterocycles. The van der Waals surface area contributed by atoms with Crippen LogP contribution in [0.25, 0.3) is 5.83 Å². The van der Waals surface area contributed by atoms with Crippen molar-refractivity contribution >= 4 is 52.2 Å². The number of halogens is 13. The maximum atomic E-state index is 15.0. The highest BCUT2D eigenvalue weighted by Crippen LogP contribution is 2.43. The molecule has 0 aliphatic carbocycles. The van der Waals surface area contributed by atoms with Crippen molar-refractivity contribution in [3.63, 3.8) is 0 Å². The summed E-state index contributed by atoms with van der Waals surface area (Å²) < 4.78 is 134. The lowest BCUT2D eigenvalue weighted by Crippen LogP contribution is -2.20. The Morgan fingerprint density at radius 3 is 1.90 bits per heavy atom. The van der Waals surface area contributed by atoms with Gasteiger partial charge in [0, 0.05) is 24.0 Å². The fourth-order valence-electron chi connectivity index (χ4n) is 3.73. The van der Waals surface area contributed by atoms with Crippen LogP contribution < -0.4 is 0 Å². The Morgan fingerprint density at radius 2 is 1.43 bits per heavy atom. The van der Waals surface area contributed by atoms with E-state index < -0.39 is 89.3 Å². The van der Waals surface area contributed by atoms with Crippen LogP contribution in [0.5, 0.6) is 0 Å². The summed E-state index contributed by atoms with van der Waals surface area (Å²) >= 11 is 17.2. The topological polar surface area (TPSA) is 34.1 Å². The first-order chi connectivity index (χ1) is 18.1. The highest BCUT2D eigenvalue weighted by Gasteiger charge is 2.41. The monoisotopic (exact) mass is 644 g/mol. The number of alkyl halides is 9. The van der Waals surface area contributed by atoms with Crippen LogP contribution in [0.15, 0.2) is 36.4 Å². The number of allylic oxidation sites excluding steroid dienone is 1. The number of hydrogen-bond acceptors (Lipinski definition) is 2. The van der Waals surface area contributed by atoms with Crippen molar-refractivity contribution in [2.75, 3.05) is 0 Å².